The first-order valence-corrected chi connectivity index (χ1v) is 28.2. The molecule has 1 fully saturated rings. The van der Waals surface area contributed by atoms with Crippen LogP contribution < -0.4 is 5.32 Å². The van der Waals surface area contributed by atoms with Crippen molar-refractivity contribution in [3.8, 4) is 0 Å². The van der Waals surface area contributed by atoms with Crippen LogP contribution in [0.5, 0.6) is 0 Å². The number of unbranched alkanes of at least 4 members (excludes halogenated alkanes) is 34. The molecule has 1 rings (SSSR count). The molecule has 1 aliphatic rings. The first-order valence-electron chi connectivity index (χ1n) is 28.2. The molecule has 0 radical (unpaired) electrons. The molecule has 0 aromatic heterocycles. The minimum atomic E-state index is -1.57. The zero-order valence-electron chi connectivity index (χ0n) is 43.0. The first-order chi connectivity index (χ1) is 32.3. The summed E-state index contributed by atoms with van der Waals surface area (Å²) in [5.74, 6) is -0.190. The molecule has 1 aliphatic heterocycles. The van der Waals surface area contributed by atoms with Crippen molar-refractivity contribution in [2.24, 2.45) is 0 Å². The van der Waals surface area contributed by atoms with Gasteiger partial charge in [-0.15, -0.1) is 0 Å². The molecule has 0 saturated carbocycles. The van der Waals surface area contributed by atoms with Crippen LogP contribution in [0.1, 0.15) is 264 Å². The molecule has 0 spiro atoms. The van der Waals surface area contributed by atoms with Gasteiger partial charge >= 0.3 is 0 Å². The fourth-order valence-electron chi connectivity index (χ4n) is 8.96. The second kappa shape index (κ2) is 47.1. The molecule has 0 aromatic rings. The summed E-state index contributed by atoms with van der Waals surface area (Å²) in [4.78, 5) is 13.0. The predicted octanol–water partition coefficient (Wildman–Crippen LogP) is 13.6. The summed E-state index contributed by atoms with van der Waals surface area (Å²) < 4.78 is 11.2. The molecular formula is C57H107NO8. The van der Waals surface area contributed by atoms with Crippen molar-refractivity contribution >= 4 is 5.91 Å². The number of ether oxygens (including phenoxy) is 2. The van der Waals surface area contributed by atoms with Gasteiger partial charge in [-0.3, -0.25) is 4.79 Å². The average molecular weight is 934 g/mol. The normalized spacial score (nSPS) is 20.0. The first kappa shape index (κ1) is 62.4. The van der Waals surface area contributed by atoms with Gasteiger partial charge in [0.15, 0.2) is 6.29 Å². The smallest absolute Gasteiger partial charge is 0.220 e. The lowest BCUT2D eigenvalue weighted by molar-refractivity contribution is -0.302. The molecule has 1 saturated heterocycles. The fourth-order valence-corrected chi connectivity index (χ4v) is 8.96. The Hall–Kier alpha value is -1.59. The second-order valence-electron chi connectivity index (χ2n) is 19.7. The van der Waals surface area contributed by atoms with Crippen LogP contribution >= 0.6 is 0 Å². The maximum Gasteiger partial charge on any atom is 0.220 e. The quantitative estimate of drug-likeness (QED) is 0.0261. The van der Waals surface area contributed by atoms with Crippen molar-refractivity contribution in [1.82, 2.24) is 5.32 Å². The van der Waals surface area contributed by atoms with Crippen molar-refractivity contribution in [3.63, 3.8) is 0 Å². The molecule has 9 nitrogen and oxygen atoms in total. The topological polar surface area (TPSA) is 149 Å². The van der Waals surface area contributed by atoms with Crippen LogP contribution in [0.2, 0.25) is 0 Å². The number of amides is 1. The van der Waals surface area contributed by atoms with Crippen LogP contribution in [0, 0.1) is 0 Å². The fraction of sp³-hybridized carbons (Fsp3) is 0.877. The van der Waals surface area contributed by atoms with E-state index in [4.69, 9.17) is 9.47 Å². The summed E-state index contributed by atoms with van der Waals surface area (Å²) in [6.07, 6.45) is 53.8. The van der Waals surface area contributed by atoms with E-state index in [2.05, 4.69) is 43.5 Å². The van der Waals surface area contributed by atoms with Gasteiger partial charge in [-0.1, -0.05) is 249 Å². The third kappa shape index (κ3) is 36.4. The molecule has 1 amide bonds. The molecule has 388 valence electrons. The SMILES string of the molecule is CCCCCCCCCCCCCCCCCCCCCCC/C=C/CC/C=C/CC/C=C/C(O)C(COC1OC(CO)C(O)C(O)C1O)NC(=O)CCCCCCCCCCCCCC. The van der Waals surface area contributed by atoms with Gasteiger partial charge in [0.05, 0.1) is 25.4 Å². The summed E-state index contributed by atoms with van der Waals surface area (Å²) in [5, 5.41) is 54.3. The van der Waals surface area contributed by atoms with Crippen molar-refractivity contribution in [3.05, 3.63) is 36.5 Å². The Morgan fingerprint density at radius 3 is 1.27 bits per heavy atom. The van der Waals surface area contributed by atoms with Crippen LogP contribution in [0.3, 0.4) is 0 Å². The van der Waals surface area contributed by atoms with E-state index in [9.17, 15) is 30.3 Å². The predicted molar refractivity (Wildman–Crippen MR) is 276 cm³/mol. The van der Waals surface area contributed by atoms with Gasteiger partial charge in [-0.25, -0.2) is 0 Å². The lowest BCUT2D eigenvalue weighted by Crippen LogP contribution is -2.60. The van der Waals surface area contributed by atoms with Gasteiger partial charge in [0, 0.05) is 6.42 Å². The van der Waals surface area contributed by atoms with Gasteiger partial charge in [0.1, 0.15) is 24.4 Å². The lowest BCUT2D eigenvalue weighted by atomic mass is 9.99. The number of rotatable bonds is 48. The molecule has 0 bridgehead atoms. The Morgan fingerprint density at radius 2 is 0.864 bits per heavy atom. The van der Waals surface area contributed by atoms with Gasteiger partial charge in [-0.2, -0.15) is 0 Å². The van der Waals surface area contributed by atoms with Crippen molar-refractivity contribution in [2.45, 2.75) is 307 Å². The molecular weight excluding hydrogens is 827 g/mol. The summed E-state index contributed by atoms with van der Waals surface area (Å²) in [6, 6.07) is -0.825. The zero-order chi connectivity index (χ0) is 48.0. The number of aliphatic hydroxyl groups is 5. The zero-order valence-corrected chi connectivity index (χ0v) is 43.0. The molecule has 66 heavy (non-hydrogen) atoms. The third-order valence-corrected chi connectivity index (χ3v) is 13.4. The Kier molecular flexibility index (Phi) is 44.6. The summed E-state index contributed by atoms with van der Waals surface area (Å²) in [5.41, 5.74) is 0. The van der Waals surface area contributed by atoms with Crippen LogP contribution in [-0.4, -0.2) is 87.5 Å². The molecule has 0 aliphatic carbocycles. The Morgan fingerprint density at radius 1 is 0.500 bits per heavy atom. The molecule has 6 N–H and O–H groups in total. The van der Waals surface area contributed by atoms with Crippen molar-refractivity contribution in [2.75, 3.05) is 13.2 Å². The molecule has 1 heterocycles. The summed E-state index contributed by atoms with van der Waals surface area (Å²) in [7, 11) is 0. The average Bonchev–Trinajstić information content (AvgIpc) is 3.32. The Bertz CT molecular complexity index is 1130. The third-order valence-electron chi connectivity index (χ3n) is 13.4. The van der Waals surface area contributed by atoms with Crippen molar-refractivity contribution in [1.29, 1.82) is 0 Å². The van der Waals surface area contributed by atoms with Crippen molar-refractivity contribution < 1.29 is 39.8 Å². The highest BCUT2D eigenvalue weighted by Crippen LogP contribution is 2.23. The Labute approximate surface area is 406 Å². The lowest BCUT2D eigenvalue weighted by Gasteiger charge is -2.40. The van der Waals surface area contributed by atoms with Gasteiger partial charge in [0.25, 0.3) is 0 Å². The van der Waals surface area contributed by atoms with Crippen LogP contribution in [0.15, 0.2) is 36.5 Å². The van der Waals surface area contributed by atoms with E-state index in [1.54, 1.807) is 6.08 Å². The number of allylic oxidation sites excluding steroid dienone is 5. The number of nitrogens with one attached hydrogen (secondary N) is 1. The van der Waals surface area contributed by atoms with E-state index in [1.807, 2.05) is 6.08 Å². The highest BCUT2D eigenvalue weighted by atomic mass is 16.7. The number of carbonyl (C=O) groups is 1. The second-order valence-corrected chi connectivity index (χ2v) is 19.7. The molecule has 9 heteroatoms. The van der Waals surface area contributed by atoms with Gasteiger partial charge < -0.3 is 40.3 Å². The van der Waals surface area contributed by atoms with E-state index in [1.165, 1.54) is 199 Å². The van der Waals surface area contributed by atoms with E-state index < -0.39 is 49.5 Å². The van der Waals surface area contributed by atoms with Crippen LogP contribution in [0.25, 0.3) is 0 Å². The molecule has 7 atom stereocenters. The highest BCUT2D eigenvalue weighted by molar-refractivity contribution is 5.76. The Balaban J connectivity index is 2.20. The van der Waals surface area contributed by atoms with Gasteiger partial charge in [0.2, 0.25) is 5.91 Å². The molecule has 7 unspecified atom stereocenters. The van der Waals surface area contributed by atoms with Crippen LogP contribution in [-0.2, 0) is 14.3 Å². The number of aliphatic hydroxyl groups excluding tert-OH is 5. The monoisotopic (exact) mass is 934 g/mol. The van der Waals surface area contributed by atoms with E-state index in [-0.39, 0.29) is 12.5 Å². The highest BCUT2D eigenvalue weighted by Gasteiger charge is 2.44. The maximum atomic E-state index is 13.0. The largest absolute Gasteiger partial charge is 0.394 e. The van der Waals surface area contributed by atoms with E-state index in [0.29, 0.717) is 6.42 Å². The minimum absolute atomic E-state index is 0.190. The minimum Gasteiger partial charge on any atom is -0.394 e. The van der Waals surface area contributed by atoms with Crippen LogP contribution in [0.4, 0.5) is 0 Å². The molecule has 0 aromatic carbocycles. The summed E-state index contributed by atoms with van der Waals surface area (Å²) >= 11 is 0. The number of hydrogen-bond acceptors (Lipinski definition) is 8. The van der Waals surface area contributed by atoms with E-state index >= 15 is 0 Å². The number of carbonyl (C=O) groups excluding carboxylic acids is 1. The number of hydrogen-bond donors (Lipinski definition) is 6. The maximum absolute atomic E-state index is 13.0. The van der Waals surface area contributed by atoms with Gasteiger partial charge in [-0.05, 0) is 44.9 Å². The summed E-state index contributed by atoms with van der Waals surface area (Å²) in [6.45, 7) is 3.77. The van der Waals surface area contributed by atoms with E-state index in [0.717, 1.165) is 44.9 Å². The standard InChI is InChI=1S/C57H107NO8/c1-3-5-7-9-11-13-15-17-18-19-20-21-22-23-24-25-26-27-28-29-30-31-32-33-34-35-36-38-40-42-44-46-51(60)50(49-65-57-56(64)55(63)54(62)52(48-59)66-57)58-53(61)47-45-43-41-39-37-16-14-12-10-8-6-4-2/h32-33,36,38,44,46,50-52,54-57,59-60,62-64H,3-31,34-35,37,39-43,45,47-49H2,1-2H3,(H,58,61)/b33-32+,38-36+,46-44+.